The Morgan fingerprint density at radius 3 is 2.53 bits per heavy atom. The Hall–Kier alpha value is -1.83. The molecule has 1 rings (SSSR count). The molecule has 0 heterocycles. The van der Waals surface area contributed by atoms with Crippen molar-refractivity contribution in [3.05, 3.63) is 34.6 Å². The van der Waals surface area contributed by atoms with Gasteiger partial charge >= 0.3 is 0 Å². The van der Waals surface area contributed by atoms with Gasteiger partial charge in [-0.2, -0.15) is 5.26 Å². The number of rotatable bonds is 5. The first kappa shape index (κ1) is 15.2. The van der Waals surface area contributed by atoms with Crippen molar-refractivity contribution in [1.82, 2.24) is 0 Å². The average Bonchev–Trinajstić information content (AvgIpc) is 2.37. The summed E-state index contributed by atoms with van der Waals surface area (Å²) in [6.45, 7) is 2.70. The predicted octanol–water partition coefficient (Wildman–Crippen LogP) is 3.46. The van der Waals surface area contributed by atoms with E-state index in [1.807, 2.05) is 6.07 Å². The molecule has 5 heteroatoms. The molecule has 0 bridgehead atoms. The lowest BCUT2D eigenvalue weighted by Gasteiger charge is -2.09. The lowest BCUT2D eigenvalue weighted by Crippen LogP contribution is -2.09. The maximum Gasteiger partial charge on any atom is 0.194 e. The summed E-state index contributed by atoms with van der Waals surface area (Å²) in [6.07, 6.45) is 1.06. The highest BCUT2D eigenvalue weighted by Crippen LogP contribution is 2.21. The van der Waals surface area contributed by atoms with Gasteiger partial charge in [0.15, 0.2) is 17.5 Å². The van der Waals surface area contributed by atoms with Crippen molar-refractivity contribution in [2.75, 3.05) is 0 Å². The lowest BCUT2D eigenvalue weighted by molar-refractivity contribution is -0.119. The second kappa shape index (κ2) is 6.37. The molecule has 0 N–H and O–H groups in total. The fourth-order valence-electron chi connectivity index (χ4n) is 1.85. The average molecular weight is 269 g/mol. The van der Waals surface area contributed by atoms with Gasteiger partial charge in [-0.3, -0.25) is 4.79 Å². The van der Waals surface area contributed by atoms with Crippen LogP contribution in [0.3, 0.4) is 0 Å². The van der Waals surface area contributed by atoms with Crippen molar-refractivity contribution in [1.29, 1.82) is 5.26 Å². The van der Waals surface area contributed by atoms with Gasteiger partial charge in [-0.15, -0.1) is 0 Å². The summed E-state index contributed by atoms with van der Waals surface area (Å²) in [7, 11) is 0. The summed E-state index contributed by atoms with van der Waals surface area (Å²) in [4.78, 5) is 11.0. The van der Waals surface area contributed by atoms with E-state index in [0.29, 0.717) is 24.8 Å². The minimum Gasteiger partial charge on any atom is -0.299 e. The molecule has 102 valence electrons. The fraction of sp³-hybridized carbons (Fsp3) is 0.429. The highest BCUT2D eigenvalue weighted by Gasteiger charge is 2.17. The van der Waals surface area contributed by atoms with Gasteiger partial charge in [0.05, 0.1) is 6.07 Å². The van der Waals surface area contributed by atoms with Crippen LogP contribution in [0.25, 0.3) is 0 Å². The number of carbonyl (C=O) groups is 1. The number of nitriles is 1. The molecule has 0 saturated carbocycles. The van der Waals surface area contributed by atoms with E-state index in [0.717, 1.165) is 6.07 Å². The molecule has 0 spiro atoms. The Morgan fingerprint density at radius 1 is 1.37 bits per heavy atom. The summed E-state index contributed by atoms with van der Waals surface area (Å²) in [5.74, 6) is -4.80. The van der Waals surface area contributed by atoms with Crippen LogP contribution in [0.1, 0.15) is 30.9 Å². The summed E-state index contributed by atoms with van der Waals surface area (Å²) in [6, 6.07) is 2.84. The first-order valence-corrected chi connectivity index (χ1v) is 5.91. The van der Waals surface area contributed by atoms with Crippen LogP contribution in [0.4, 0.5) is 13.2 Å². The summed E-state index contributed by atoms with van der Waals surface area (Å²) in [5, 5.41) is 8.73. The van der Waals surface area contributed by atoms with Gasteiger partial charge in [-0.25, -0.2) is 13.2 Å². The zero-order valence-corrected chi connectivity index (χ0v) is 10.8. The fourth-order valence-corrected chi connectivity index (χ4v) is 1.85. The number of ketones is 1. The van der Waals surface area contributed by atoms with Crippen LogP contribution >= 0.6 is 0 Å². The molecule has 2 nitrogen and oxygen atoms in total. The van der Waals surface area contributed by atoms with Crippen LogP contribution in [-0.4, -0.2) is 5.78 Å². The lowest BCUT2D eigenvalue weighted by atomic mass is 9.96. The zero-order valence-electron chi connectivity index (χ0n) is 10.8. The van der Waals surface area contributed by atoms with Gasteiger partial charge in [0, 0.05) is 0 Å². The third-order valence-electron chi connectivity index (χ3n) is 3.10. The number of hydrogen-bond donors (Lipinski definition) is 0. The molecule has 0 aromatic heterocycles. The summed E-state index contributed by atoms with van der Waals surface area (Å²) < 4.78 is 39.3. The molecule has 0 aliphatic heterocycles. The minimum absolute atomic E-state index is 0.0650. The van der Waals surface area contributed by atoms with Crippen LogP contribution in [-0.2, 0) is 11.2 Å². The molecule has 0 saturated heterocycles. The van der Waals surface area contributed by atoms with Crippen molar-refractivity contribution < 1.29 is 18.0 Å². The number of halogens is 3. The Kier molecular flexibility index (Phi) is 5.11. The quantitative estimate of drug-likeness (QED) is 0.768. The molecule has 0 aliphatic rings. The van der Waals surface area contributed by atoms with E-state index < -0.39 is 23.4 Å². The number of aryl methyl sites for hydroxylation is 1. The van der Waals surface area contributed by atoms with Gasteiger partial charge in [0.2, 0.25) is 0 Å². The van der Waals surface area contributed by atoms with Crippen molar-refractivity contribution in [2.24, 2.45) is 5.92 Å². The van der Waals surface area contributed by atoms with Gasteiger partial charge in [-0.05, 0) is 50.3 Å². The monoisotopic (exact) mass is 269 g/mol. The van der Waals surface area contributed by atoms with Crippen LogP contribution in [0.5, 0.6) is 0 Å². The van der Waals surface area contributed by atoms with E-state index >= 15 is 0 Å². The molecule has 0 fully saturated rings. The van der Waals surface area contributed by atoms with Crippen LogP contribution < -0.4 is 0 Å². The highest BCUT2D eigenvalue weighted by molar-refractivity contribution is 5.80. The van der Waals surface area contributed by atoms with E-state index in [1.54, 1.807) is 0 Å². The van der Waals surface area contributed by atoms with E-state index in [-0.39, 0.29) is 11.3 Å². The predicted molar refractivity (Wildman–Crippen MR) is 63.8 cm³/mol. The molecule has 0 aliphatic carbocycles. The van der Waals surface area contributed by atoms with E-state index in [1.165, 1.54) is 13.8 Å². The highest BCUT2D eigenvalue weighted by atomic mass is 19.2. The molecule has 1 unspecified atom stereocenters. The SMILES string of the molecule is CC(=O)C(C#N)CCCc1cc(F)c(F)c(F)c1C. The normalized spacial score (nSPS) is 12.0. The summed E-state index contributed by atoms with van der Waals surface area (Å²) >= 11 is 0. The molecular formula is C14H14F3NO. The van der Waals surface area contributed by atoms with E-state index in [2.05, 4.69) is 0 Å². The van der Waals surface area contributed by atoms with E-state index in [9.17, 15) is 18.0 Å². The second-order valence-corrected chi connectivity index (χ2v) is 4.46. The molecule has 0 radical (unpaired) electrons. The Labute approximate surface area is 109 Å². The number of benzene rings is 1. The number of carbonyl (C=O) groups excluding carboxylic acids is 1. The maximum absolute atomic E-state index is 13.3. The number of Topliss-reactive ketones (excluding diaryl/α,β-unsaturated/α-hetero) is 1. The van der Waals surface area contributed by atoms with Crippen molar-refractivity contribution in [3.8, 4) is 6.07 Å². The molecule has 1 atom stereocenters. The number of hydrogen-bond acceptors (Lipinski definition) is 2. The molecule has 1 aromatic carbocycles. The molecule has 0 amide bonds. The molecular weight excluding hydrogens is 255 g/mol. The largest absolute Gasteiger partial charge is 0.299 e. The minimum atomic E-state index is -1.47. The van der Waals surface area contributed by atoms with Crippen LogP contribution in [0.15, 0.2) is 6.07 Å². The maximum atomic E-state index is 13.3. The molecule has 1 aromatic rings. The van der Waals surface area contributed by atoms with Gasteiger partial charge in [0.1, 0.15) is 11.7 Å². The Bertz CT molecular complexity index is 534. The smallest absolute Gasteiger partial charge is 0.194 e. The van der Waals surface area contributed by atoms with Gasteiger partial charge in [0.25, 0.3) is 0 Å². The summed E-state index contributed by atoms with van der Waals surface area (Å²) in [5.41, 5.74) is 0.423. The van der Waals surface area contributed by atoms with Crippen molar-refractivity contribution in [2.45, 2.75) is 33.1 Å². The van der Waals surface area contributed by atoms with Crippen LogP contribution in [0, 0.1) is 41.6 Å². The van der Waals surface area contributed by atoms with Crippen LogP contribution in [0.2, 0.25) is 0 Å². The number of nitrogens with zero attached hydrogens (tertiary/aromatic N) is 1. The van der Waals surface area contributed by atoms with Gasteiger partial charge in [-0.1, -0.05) is 0 Å². The zero-order chi connectivity index (χ0) is 14.6. The first-order valence-electron chi connectivity index (χ1n) is 5.91. The first-order chi connectivity index (χ1) is 8.88. The van der Waals surface area contributed by atoms with Gasteiger partial charge < -0.3 is 0 Å². The van der Waals surface area contributed by atoms with Crippen molar-refractivity contribution in [3.63, 3.8) is 0 Å². The third-order valence-corrected chi connectivity index (χ3v) is 3.10. The topological polar surface area (TPSA) is 40.9 Å². The molecule has 19 heavy (non-hydrogen) atoms. The third kappa shape index (κ3) is 3.57. The standard InChI is InChI=1S/C14H14F3NO/c1-8-10(6-12(15)14(17)13(8)16)4-3-5-11(7-18)9(2)19/h6,11H,3-5H2,1-2H3. The second-order valence-electron chi connectivity index (χ2n) is 4.46. The Morgan fingerprint density at radius 2 is 2.00 bits per heavy atom. The van der Waals surface area contributed by atoms with Crippen molar-refractivity contribution >= 4 is 5.78 Å². The van der Waals surface area contributed by atoms with E-state index in [4.69, 9.17) is 5.26 Å². The Balaban J connectivity index is 2.75.